The number of aliphatic carboxylic acids is 1. The average molecular weight is 477 g/mol. The smallest absolute Gasteiger partial charge is 0.407 e. The minimum Gasteiger partial charge on any atom is -0.481 e. The van der Waals surface area contributed by atoms with Gasteiger partial charge >= 0.3 is 12.1 Å². The number of hydrogen-bond donors (Lipinski definition) is 3. The van der Waals surface area contributed by atoms with E-state index in [0.717, 1.165) is 41.5 Å². The number of nitrogens with one attached hydrogen (secondary N) is 2. The molecule has 3 N–H and O–H groups in total. The molecule has 3 aliphatic rings. The highest BCUT2D eigenvalue weighted by atomic mass is 16.5. The van der Waals surface area contributed by atoms with Crippen molar-refractivity contribution in [3.8, 4) is 11.1 Å². The monoisotopic (exact) mass is 476 g/mol. The van der Waals surface area contributed by atoms with Gasteiger partial charge in [-0.3, -0.25) is 9.59 Å². The predicted molar refractivity (Wildman–Crippen MR) is 131 cm³/mol. The Bertz CT molecular complexity index is 1100. The first-order chi connectivity index (χ1) is 16.9. The van der Waals surface area contributed by atoms with Crippen molar-refractivity contribution < 1.29 is 24.2 Å². The Morgan fingerprint density at radius 3 is 2.26 bits per heavy atom. The van der Waals surface area contributed by atoms with Gasteiger partial charge in [-0.15, -0.1) is 0 Å². The molecule has 7 heteroatoms. The second kappa shape index (κ2) is 9.36. The van der Waals surface area contributed by atoms with Crippen LogP contribution in [0, 0.1) is 11.3 Å². The molecule has 2 aromatic rings. The van der Waals surface area contributed by atoms with Gasteiger partial charge in [0.15, 0.2) is 0 Å². The molecule has 184 valence electrons. The average Bonchev–Trinajstić information content (AvgIpc) is 3.51. The van der Waals surface area contributed by atoms with Crippen molar-refractivity contribution in [2.45, 2.75) is 63.5 Å². The van der Waals surface area contributed by atoms with Crippen molar-refractivity contribution in [1.29, 1.82) is 0 Å². The summed E-state index contributed by atoms with van der Waals surface area (Å²) in [6.07, 6.45) is 3.88. The standard InChI is InChI=1S/C28H32N2O5/c1-28(26(32)33)14-6-11-24(28)30-25(31)23(15-17-12-13-17)29-27(34)35-16-22-20-9-4-2-7-18(20)19-8-3-5-10-21(19)22/h2-5,7-10,17,22-24H,6,11-16H2,1H3,(H,29,34)(H,30,31)(H,32,33). The van der Waals surface area contributed by atoms with Gasteiger partial charge in [-0.2, -0.15) is 0 Å². The lowest BCUT2D eigenvalue weighted by molar-refractivity contribution is -0.149. The number of carbonyl (C=O) groups is 3. The molecule has 0 spiro atoms. The van der Waals surface area contributed by atoms with E-state index in [1.54, 1.807) is 6.92 Å². The van der Waals surface area contributed by atoms with Crippen LogP contribution in [0.25, 0.3) is 11.1 Å². The Kier molecular flexibility index (Phi) is 6.26. The zero-order valence-electron chi connectivity index (χ0n) is 20.0. The van der Waals surface area contributed by atoms with E-state index >= 15 is 0 Å². The first-order valence-corrected chi connectivity index (χ1v) is 12.5. The molecule has 2 saturated carbocycles. The van der Waals surface area contributed by atoms with E-state index in [2.05, 4.69) is 34.9 Å². The second-order valence-corrected chi connectivity index (χ2v) is 10.4. The number of amides is 2. The van der Waals surface area contributed by atoms with Gasteiger partial charge in [0.1, 0.15) is 12.6 Å². The molecule has 0 bridgehead atoms. The highest BCUT2D eigenvalue weighted by Gasteiger charge is 2.46. The summed E-state index contributed by atoms with van der Waals surface area (Å²) >= 11 is 0. The minimum absolute atomic E-state index is 0.0568. The fraction of sp³-hybridized carbons (Fsp3) is 0.464. The van der Waals surface area contributed by atoms with Gasteiger partial charge in [-0.05, 0) is 54.4 Å². The van der Waals surface area contributed by atoms with Crippen molar-refractivity contribution in [1.82, 2.24) is 10.6 Å². The highest BCUT2D eigenvalue weighted by Crippen LogP contribution is 2.44. The van der Waals surface area contributed by atoms with E-state index in [0.29, 0.717) is 25.2 Å². The van der Waals surface area contributed by atoms with Gasteiger partial charge in [0.2, 0.25) is 5.91 Å². The Morgan fingerprint density at radius 2 is 1.66 bits per heavy atom. The topological polar surface area (TPSA) is 105 Å². The van der Waals surface area contributed by atoms with Gasteiger partial charge in [0, 0.05) is 12.0 Å². The van der Waals surface area contributed by atoms with Crippen LogP contribution in [0.1, 0.15) is 62.5 Å². The van der Waals surface area contributed by atoms with Crippen LogP contribution in [0.2, 0.25) is 0 Å². The molecule has 2 fully saturated rings. The van der Waals surface area contributed by atoms with E-state index in [1.807, 2.05) is 24.3 Å². The molecule has 35 heavy (non-hydrogen) atoms. The normalized spacial score (nSPS) is 23.7. The van der Waals surface area contributed by atoms with Crippen LogP contribution in [-0.2, 0) is 14.3 Å². The molecule has 0 radical (unpaired) electrons. The summed E-state index contributed by atoms with van der Waals surface area (Å²) in [6.45, 7) is 1.86. The van der Waals surface area contributed by atoms with Crippen LogP contribution in [0.15, 0.2) is 48.5 Å². The number of ether oxygens (including phenoxy) is 1. The van der Waals surface area contributed by atoms with Crippen LogP contribution in [0.3, 0.4) is 0 Å². The summed E-state index contributed by atoms with van der Waals surface area (Å²) in [4.78, 5) is 37.7. The van der Waals surface area contributed by atoms with Gasteiger partial charge in [0.25, 0.3) is 0 Å². The second-order valence-electron chi connectivity index (χ2n) is 10.4. The van der Waals surface area contributed by atoms with Crippen LogP contribution in [-0.4, -0.2) is 41.8 Å². The highest BCUT2D eigenvalue weighted by molar-refractivity contribution is 5.87. The van der Waals surface area contributed by atoms with Crippen molar-refractivity contribution in [2.75, 3.05) is 6.61 Å². The number of benzene rings is 2. The Morgan fingerprint density at radius 1 is 1.03 bits per heavy atom. The Hall–Kier alpha value is -3.35. The van der Waals surface area contributed by atoms with Crippen LogP contribution in [0.4, 0.5) is 4.79 Å². The first kappa shape index (κ1) is 23.4. The third-order valence-electron chi connectivity index (χ3n) is 7.98. The summed E-state index contributed by atoms with van der Waals surface area (Å²) in [5.74, 6) is -0.888. The number of carboxylic acid groups (broad SMARTS) is 1. The lowest BCUT2D eigenvalue weighted by Gasteiger charge is -2.29. The van der Waals surface area contributed by atoms with Crippen molar-refractivity contribution >= 4 is 18.0 Å². The SMILES string of the molecule is CC1(C(=O)O)CCCC1NC(=O)C(CC1CC1)NC(=O)OCC1c2ccccc2-c2ccccc21. The molecule has 0 aromatic heterocycles. The quantitative estimate of drug-likeness (QED) is 0.522. The maximum Gasteiger partial charge on any atom is 0.407 e. The molecule has 0 saturated heterocycles. The molecule has 3 aliphatic carbocycles. The number of carbonyl (C=O) groups excluding carboxylic acids is 2. The van der Waals surface area contributed by atoms with Crippen LogP contribution < -0.4 is 10.6 Å². The minimum atomic E-state index is -0.983. The third-order valence-corrected chi connectivity index (χ3v) is 7.98. The summed E-state index contributed by atoms with van der Waals surface area (Å²) in [5, 5.41) is 15.4. The zero-order valence-corrected chi connectivity index (χ0v) is 20.0. The molecule has 5 rings (SSSR count). The summed E-state index contributed by atoms with van der Waals surface area (Å²) < 4.78 is 5.65. The number of alkyl carbamates (subject to hydrolysis) is 1. The molecule has 2 aromatic carbocycles. The van der Waals surface area contributed by atoms with Gasteiger partial charge in [0.05, 0.1) is 5.41 Å². The van der Waals surface area contributed by atoms with Crippen LogP contribution >= 0.6 is 0 Å². The van der Waals surface area contributed by atoms with E-state index < -0.39 is 29.6 Å². The van der Waals surface area contributed by atoms with Gasteiger partial charge < -0.3 is 20.5 Å². The molecule has 3 unspecified atom stereocenters. The third kappa shape index (κ3) is 4.64. The van der Waals surface area contributed by atoms with Crippen molar-refractivity contribution in [2.24, 2.45) is 11.3 Å². The maximum absolute atomic E-state index is 13.1. The summed E-state index contributed by atoms with van der Waals surface area (Å²) in [7, 11) is 0. The molecule has 0 heterocycles. The Labute approximate surface area is 205 Å². The zero-order chi connectivity index (χ0) is 24.6. The van der Waals surface area contributed by atoms with Gasteiger partial charge in [-0.25, -0.2) is 4.79 Å². The van der Waals surface area contributed by atoms with E-state index in [1.165, 1.54) is 0 Å². The van der Waals surface area contributed by atoms with Crippen molar-refractivity contribution in [3.63, 3.8) is 0 Å². The molecular formula is C28H32N2O5. The number of fused-ring (bicyclic) bond motifs is 3. The van der Waals surface area contributed by atoms with E-state index in [9.17, 15) is 19.5 Å². The van der Waals surface area contributed by atoms with E-state index in [-0.39, 0.29) is 18.4 Å². The maximum atomic E-state index is 13.1. The molecule has 2 amide bonds. The molecular weight excluding hydrogens is 444 g/mol. The largest absolute Gasteiger partial charge is 0.481 e. The number of carboxylic acids is 1. The van der Waals surface area contributed by atoms with Crippen molar-refractivity contribution in [3.05, 3.63) is 59.7 Å². The Balaban J connectivity index is 1.24. The van der Waals surface area contributed by atoms with Gasteiger partial charge in [-0.1, -0.05) is 67.8 Å². The predicted octanol–water partition coefficient (Wildman–Crippen LogP) is 4.45. The molecule has 7 nitrogen and oxygen atoms in total. The fourth-order valence-electron chi connectivity index (χ4n) is 5.63. The van der Waals surface area contributed by atoms with E-state index in [4.69, 9.17) is 4.74 Å². The number of hydrogen-bond acceptors (Lipinski definition) is 4. The fourth-order valence-corrected chi connectivity index (χ4v) is 5.63. The summed E-state index contributed by atoms with van der Waals surface area (Å²) in [6, 6.07) is 15.1. The molecule has 3 atom stereocenters. The van der Waals surface area contributed by atoms with Crippen LogP contribution in [0.5, 0.6) is 0 Å². The lowest BCUT2D eigenvalue weighted by atomic mass is 9.84. The molecule has 0 aliphatic heterocycles. The lowest BCUT2D eigenvalue weighted by Crippen LogP contribution is -2.54. The number of rotatable bonds is 8. The summed E-state index contributed by atoms with van der Waals surface area (Å²) in [5.41, 5.74) is 3.58. The first-order valence-electron chi connectivity index (χ1n) is 12.5.